The number of aliphatic imine (C=N–C) groups is 1. The van der Waals surface area contributed by atoms with Crippen molar-refractivity contribution in [3.63, 3.8) is 0 Å². The second-order valence-corrected chi connectivity index (χ2v) is 6.29. The summed E-state index contributed by atoms with van der Waals surface area (Å²) in [7, 11) is 3.15. The Morgan fingerprint density at radius 2 is 1.81 bits per heavy atom. The smallest absolute Gasteiger partial charge is 0.193 e. The lowest BCUT2D eigenvalue weighted by Crippen LogP contribution is -2.27. The van der Waals surface area contributed by atoms with Crippen molar-refractivity contribution in [1.29, 1.82) is 0 Å². The van der Waals surface area contributed by atoms with E-state index in [0.29, 0.717) is 18.0 Å². The third-order valence-electron chi connectivity index (χ3n) is 3.91. The number of guanidine groups is 1. The van der Waals surface area contributed by atoms with Crippen LogP contribution in [0.25, 0.3) is 0 Å². The molecule has 0 heterocycles. The SMILES string of the molecule is COc1ccc(NC(N)=NCC(C)(C)c2cccc(F)c2)cc1OC.I. The maximum atomic E-state index is 13.4. The van der Waals surface area contributed by atoms with E-state index in [1.807, 2.05) is 26.0 Å². The highest BCUT2D eigenvalue weighted by Gasteiger charge is 2.20. The molecule has 2 aromatic rings. The molecule has 0 atom stereocenters. The molecule has 0 fully saturated rings. The molecular formula is C19H25FIN3O2. The predicted octanol–water partition coefficient (Wildman–Crippen LogP) is 4.17. The van der Waals surface area contributed by atoms with Gasteiger partial charge in [0.15, 0.2) is 17.5 Å². The van der Waals surface area contributed by atoms with Crippen molar-refractivity contribution < 1.29 is 13.9 Å². The third-order valence-corrected chi connectivity index (χ3v) is 3.91. The van der Waals surface area contributed by atoms with Gasteiger partial charge in [-0.05, 0) is 29.8 Å². The first-order valence-corrected chi connectivity index (χ1v) is 7.91. The normalized spacial score (nSPS) is 11.5. The molecule has 5 nitrogen and oxygen atoms in total. The van der Waals surface area contributed by atoms with Crippen LogP contribution in [0.2, 0.25) is 0 Å². The minimum Gasteiger partial charge on any atom is -0.493 e. The van der Waals surface area contributed by atoms with Crippen LogP contribution in [0.3, 0.4) is 0 Å². The van der Waals surface area contributed by atoms with E-state index in [2.05, 4.69) is 10.3 Å². The van der Waals surface area contributed by atoms with Gasteiger partial charge in [-0.2, -0.15) is 0 Å². The standard InChI is InChI=1S/C19H24FN3O2.HI/c1-19(2,13-6-5-7-14(20)10-13)12-22-18(21)23-15-8-9-16(24-3)17(11-15)25-4;/h5-11H,12H2,1-4H3,(H3,21,22,23);1H. The van der Waals surface area contributed by atoms with Crippen LogP contribution in [-0.4, -0.2) is 26.7 Å². The number of benzene rings is 2. The Hall–Kier alpha value is -2.03. The molecule has 3 N–H and O–H groups in total. The number of anilines is 1. The fraction of sp³-hybridized carbons (Fsp3) is 0.316. The summed E-state index contributed by atoms with van der Waals surface area (Å²) in [5.41, 5.74) is 7.24. The summed E-state index contributed by atoms with van der Waals surface area (Å²) in [5, 5.41) is 3.02. The van der Waals surface area contributed by atoms with E-state index in [9.17, 15) is 4.39 Å². The Kier molecular flexibility index (Phi) is 8.13. The Morgan fingerprint density at radius 3 is 2.42 bits per heavy atom. The van der Waals surface area contributed by atoms with E-state index in [0.717, 1.165) is 11.3 Å². The summed E-state index contributed by atoms with van der Waals surface area (Å²) >= 11 is 0. The van der Waals surface area contributed by atoms with E-state index < -0.39 is 0 Å². The fourth-order valence-electron chi connectivity index (χ4n) is 2.38. The van der Waals surface area contributed by atoms with Crippen molar-refractivity contribution in [1.82, 2.24) is 0 Å². The number of halogens is 2. The molecule has 2 aromatic carbocycles. The van der Waals surface area contributed by atoms with E-state index in [-0.39, 0.29) is 41.2 Å². The second-order valence-electron chi connectivity index (χ2n) is 6.29. The molecule has 142 valence electrons. The predicted molar refractivity (Wildman–Crippen MR) is 114 cm³/mol. The summed E-state index contributed by atoms with van der Waals surface area (Å²) in [4.78, 5) is 4.38. The maximum absolute atomic E-state index is 13.4. The van der Waals surface area contributed by atoms with Gasteiger partial charge in [0.25, 0.3) is 0 Å². The zero-order chi connectivity index (χ0) is 18.4. The van der Waals surface area contributed by atoms with Gasteiger partial charge in [-0.3, -0.25) is 4.99 Å². The van der Waals surface area contributed by atoms with Crippen molar-refractivity contribution in [2.75, 3.05) is 26.1 Å². The van der Waals surface area contributed by atoms with Gasteiger partial charge in [0.05, 0.1) is 20.8 Å². The van der Waals surface area contributed by atoms with Crippen molar-refractivity contribution in [3.05, 3.63) is 53.8 Å². The summed E-state index contributed by atoms with van der Waals surface area (Å²) in [6.07, 6.45) is 0. The molecule has 7 heteroatoms. The fourth-order valence-corrected chi connectivity index (χ4v) is 2.38. The minimum atomic E-state index is -0.341. The lowest BCUT2D eigenvalue weighted by molar-refractivity contribution is 0.355. The summed E-state index contributed by atoms with van der Waals surface area (Å²) < 4.78 is 23.9. The van der Waals surface area contributed by atoms with Gasteiger partial charge in [-0.1, -0.05) is 26.0 Å². The summed E-state index contributed by atoms with van der Waals surface area (Å²) in [5.74, 6) is 1.25. The number of hydrogen-bond acceptors (Lipinski definition) is 3. The summed E-state index contributed by atoms with van der Waals surface area (Å²) in [6, 6.07) is 11.9. The van der Waals surface area contributed by atoms with Gasteiger partial charge < -0.3 is 20.5 Å². The molecule has 0 radical (unpaired) electrons. The Balaban J connectivity index is 0.00000338. The Bertz CT molecular complexity index is 766. The number of methoxy groups -OCH3 is 2. The molecular weight excluding hydrogens is 448 g/mol. The lowest BCUT2D eigenvalue weighted by Gasteiger charge is -2.23. The molecule has 0 saturated carbocycles. The van der Waals surface area contributed by atoms with Gasteiger partial charge in [0.2, 0.25) is 0 Å². The van der Waals surface area contributed by atoms with Crippen LogP contribution in [0, 0.1) is 5.82 Å². The first kappa shape index (κ1) is 22.0. The van der Waals surface area contributed by atoms with Gasteiger partial charge in [0.1, 0.15) is 5.82 Å². The molecule has 0 aliphatic heterocycles. The number of hydrogen-bond donors (Lipinski definition) is 2. The van der Waals surface area contributed by atoms with Crippen molar-refractivity contribution in [2.24, 2.45) is 10.7 Å². The molecule has 2 rings (SSSR count). The highest BCUT2D eigenvalue weighted by molar-refractivity contribution is 14.0. The number of nitrogens with two attached hydrogens (primary N) is 1. The largest absolute Gasteiger partial charge is 0.493 e. The van der Waals surface area contributed by atoms with Crippen LogP contribution >= 0.6 is 24.0 Å². The lowest BCUT2D eigenvalue weighted by atomic mass is 9.85. The topological polar surface area (TPSA) is 68.9 Å². The number of nitrogens with one attached hydrogen (secondary N) is 1. The molecule has 0 unspecified atom stereocenters. The van der Waals surface area contributed by atoms with Gasteiger partial charge in [0, 0.05) is 17.2 Å². The average Bonchev–Trinajstić information content (AvgIpc) is 2.60. The number of ether oxygens (including phenoxy) is 2. The molecule has 26 heavy (non-hydrogen) atoms. The van der Waals surface area contributed by atoms with Crippen LogP contribution in [-0.2, 0) is 5.41 Å². The Labute approximate surface area is 170 Å². The van der Waals surface area contributed by atoms with Crippen LogP contribution in [0.1, 0.15) is 19.4 Å². The number of nitrogens with zero attached hydrogens (tertiary/aromatic N) is 1. The van der Waals surface area contributed by atoms with Crippen molar-refractivity contribution >= 4 is 35.6 Å². The first-order chi connectivity index (χ1) is 11.9. The molecule has 0 spiro atoms. The van der Waals surface area contributed by atoms with Gasteiger partial charge >= 0.3 is 0 Å². The van der Waals surface area contributed by atoms with E-state index in [4.69, 9.17) is 15.2 Å². The third kappa shape index (κ3) is 5.76. The molecule has 0 aliphatic rings. The quantitative estimate of drug-likeness (QED) is 0.376. The molecule has 0 aliphatic carbocycles. The van der Waals surface area contributed by atoms with Gasteiger partial charge in [-0.15, -0.1) is 24.0 Å². The van der Waals surface area contributed by atoms with Crippen molar-refractivity contribution in [3.8, 4) is 11.5 Å². The Morgan fingerprint density at radius 1 is 1.12 bits per heavy atom. The van der Waals surface area contributed by atoms with Crippen LogP contribution in [0.5, 0.6) is 11.5 Å². The molecule has 0 saturated heterocycles. The molecule has 0 bridgehead atoms. The maximum Gasteiger partial charge on any atom is 0.193 e. The van der Waals surface area contributed by atoms with E-state index in [1.165, 1.54) is 12.1 Å². The zero-order valence-corrected chi connectivity index (χ0v) is 17.7. The summed E-state index contributed by atoms with van der Waals surface area (Å²) in [6.45, 7) is 4.41. The molecule has 0 amide bonds. The monoisotopic (exact) mass is 473 g/mol. The first-order valence-electron chi connectivity index (χ1n) is 7.91. The molecule has 0 aromatic heterocycles. The van der Waals surface area contributed by atoms with Gasteiger partial charge in [-0.25, -0.2) is 4.39 Å². The van der Waals surface area contributed by atoms with E-state index in [1.54, 1.807) is 32.4 Å². The number of rotatable bonds is 6. The van der Waals surface area contributed by atoms with Crippen LogP contribution < -0.4 is 20.5 Å². The van der Waals surface area contributed by atoms with Crippen molar-refractivity contribution in [2.45, 2.75) is 19.3 Å². The van der Waals surface area contributed by atoms with E-state index >= 15 is 0 Å². The highest BCUT2D eigenvalue weighted by Crippen LogP contribution is 2.29. The second kappa shape index (κ2) is 9.61. The minimum absolute atomic E-state index is 0. The average molecular weight is 473 g/mol. The van der Waals surface area contributed by atoms with Crippen LogP contribution in [0.15, 0.2) is 47.5 Å². The highest BCUT2D eigenvalue weighted by atomic mass is 127. The zero-order valence-electron chi connectivity index (χ0n) is 15.4. The van der Waals surface area contributed by atoms with Crippen LogP contribution in [0.4, 0.5) is 10.1 Å².